The Hall–Kier alpha value is -5.35. The van der Waals surface area contributed by atoms with E-state index in [0.29, 0.717) is 5.56 Å². The maximum Gasteiger partial charge on any atom is 0.136 e. The van der Waals surface area contributed by atoms with Crippen LogP contribution in [-0.2, 0) is 20.1 Å². The summed E-state index contributed by atoms with van der Waals surface area (Å²) in [5.41, 5.74) is 6.03. The summed E-state index contributed by atoms with van der Waals surface area (Å²) in [4.78, 5) is 8.97. The van der Waals surface area contributed by atoms with E-state index in [0.717, 1.165) is 66.5 Å². The first kappa shape index (κ1) is 21.5. The third-order valence-corrected chi connectivity index (χ3v) is 8.62. The summed E-state index contributed by atoms with van der Waals surface area (Å²) in [7, 11) is 0. The average Bonchev–Trinajstić information content (AvgIpc) is 3.73. The molecule has 5 heteroatoms. The van der Waals surface area contributed by atoms with Crippen molar-refractivity contribution in [1.82, 2.24) is 14.4 Å². The number of hydrogen-bond acceptors (Lipinski definition) is 3. The summed E-state index contributed by atoms with van der Waals surface area (Å²) >= 11 is 0. The number of nitrogens with zero attached hydrogens (tertiary/aromatic N) is 3. The second-order valence-electron chi connectivity index (χ2n) is 11.5. The van der Waals surface area contributed by atoms with E-state index in [1.807, 2.05) is 18.2 Å². The van der Waals surface area contributed by atoms with E-state index in [4.69, 9.17) is 21.7 Å². The second-order valence-corrected chi connectivity index (χ2v) is 11.5. The quantitative estimate of drug-likeness (QED) is 0.123. The van der Waals surface area contributed by atoms with Gasteiger partial charge in [-0.05, 0) is 77.5 Å². The number of rotatable bonds is 1. The minimum absolute atomic E-state index is 0. The van der Waals surface area contributed by atoms with Crippen LogP contribution < -0.4 is 0 Å². The molecule has 4 aromatic heterocycles. The van der Waals surface area contributed by atoms with E-state index in [1.165, 1.54) is 35.0 Å². The van der Waals surface area contributed by atoms with Crippen molar-refractivity contribution in [2.24, 2.45) is 0 Å². The predicted octanol–water partition coefficient (Wildman–Crippen LogP) is 11.1. The molecule has 0 fully saturated rings. The molecule has 4 heterocycles. The molecule has 0 unspecified atom stereocenters. The summed E-state index contributed by atoms with van der Waals surface area (Å²) in [6.45, 7) is -7.47. The van der Waals surface area contributed by atoms with E-state index in [1.54, 1.807) is 0 Å². The molecule has 48 heavy (non-hydrogen) atoms. The number of para-hydroxylation sites is 2. The van der Waals surface area contributed by atoms with Crippen LogP contribution in [0.4, 0.5) is 0 Å². The standard InChI is InChI=1S/C29H15N2O.C14H14N.Ir/c1-2-8-18-14-27-22(13-17(18)7-1)23-15-26-21(16-28(23)32-27)19-9-3-4-10-20(19)29-30-24-11-5-6-12-25(24)31(26)29;1-10-4-6-13(7-5-10)14-8-11(2)12(3)9-15-14;/h1-9,11-16H;4-6,8-9H,1-3H3;/q2*-1;/i;1D3,2D3,3D3;. The molecule has 233 valence electrons. The van der Waals surface area contributed by atoms with Gasteiger partial charge in [-0.2, -0.15) is 0 Å². The SMILES string of the molecule is [2H]C([2H])([2H])c1c[c-]c(-c2cc(C([2H])([2H])[2H])c(C([2H])([2H])[2H])cn2)cc1.[Ir].[c-]1cccc2c1c1nc3ccccc3n1c1cc3c(cc21)oc1cc2ccccc2cc13. The molecule has 0 atom stereocenters. The summed E-state index contributed by atoms with van der Waals surface area (Å²) in [6.07, 6.45) is 1.02. The van der Waals surface area contributed by atoms with Gasteiger partial charge in [-0.1, -0.05) is 60.3 Å². The van der Waals surface area contributed by atoms with Gasteiger partial charge in [0.15, 0.2) is 0 Å². The Morgan fingerprint density at radius 2 is 1.50 bits per heavy atom. The van der Waals surface area contributed by atoms with Gasteiger partial charge in [0.1, 0.15) is 11.2 Å². The Balaban J connectivity index is 0.000000165. The van der Waals surface area contributed by atoms with Gasteiger partial charge in [0.05, 0.1) is 16.7 Å². The monoisotopic (exact) mass is 805 g/mol. The molecule has 10 aromatic rings. The molecule has 0 aliphatic heterocycles. The van der Waals surface area contributed by atoms with E-state index in [2.05, 4.69) is 94.3 Å². The van der Waals surface area contributed by atoms with Crippen LogP contribution in [0.15, 0.2) is 126 Å². The van der Waals surface area contributed by atoms with Crippen molar-refractivity contribution in [2.45, 2.75) is 20.6 Å². The zero-order valence-electron chi connectivity index (χ0n) is 34.1. The van der Waals surface area contributed by atoms with Crippen LogP contribution in [0.3, 0.4) is 0 Å². The summed E-state index contributed by atoms with van der Waals surface area (Å²) in [5.74, 6) is 0. The van der Waals surface area contributed by atoms with Crippen molar-refractivity contribution in [3.05, 3.63) is 150 Å². The second kappa shape index (κ2) is 11.7. The van der Waals surface area contributed by atoms with Crippen LogP contribution in [0, 0.1) is 32.7 Å². The molecular formula is C43H29IrN3O-2. The Kier molecular flexibility index (Phi) is 5.25. The fraction of sp³-hybridized carbons (Fsp3) is 0.0698. The van der Waals surface area contributed by atoms with Gasteiger partial charge in [-0.15, -0.1) is 65.0 Å². The Morgan fingerprint density at radius 1 is 0.688 bits per heavy atom. The van der Waals surface area contributed by atoms with Crippen LogP contribution in [0.25, 0.3) is 82.3 Å². The summed E-state index contributed by atoms with van der Waals surface area (Å²) in [6, 6.07) is 43.2. The minimum atomic E-state index is -2.61. The predicted molar refractivity (Wildman–Crippen MR) is 194 cm³/mol. The van der Waals surface area contributed by atoms with E-state index in [-0.39, 0.29) is 42.5 Å². The molecule has 0 aliphatic rings. The Labute approximate surface area is 303 Å². The molecule has 0 saturated heterocycles. The van der Waals surface area contributed by atoms with Crippen molar-refractivity contribution in [2.75, 3.05) is 0 Å². The van der Waals surface area contributed by atoms with Crippen LogP contribution >= 0.6 is 0 Å². The number of benzene rings is 6. The molecule has 1 radical (unpaired) electrons. The van der Waals surface area contributed by atoms with Gasteiger partial charge in [-0.3, -0.25) is 4.98 Å². The van der Waals surface area contributed by atoms with Gasteiger partial charge in [0, 0.05) is 54.9 Å². The van der Waals surface area contributed by atoms with Crippen molar-refractivity contribution in [1.29, 1.82) is 0 Å². The topological polar surface area (TPSA) is 43.3 Å². The number of pyridine rings is 2. The van der Waals surface area contributed by atoms with Crippen LogP contribution in [-0.4, -0.2) is 14.4 Å². The van der Waals surface area contributed by atoms with Crippen LogP contribution in [0.1, 0.15) is 29.0 Å². The molecule has 0 saturated carbocycles. The number of aromatic nitrogens is 3. The molecule has 0 bridgehead atoms. The first-order valence-corrected chi connectivity index (χ1v) is 15.1. The smallest absolute Gasteiger partial charge is 0.136 e. The molecule has 0 amide bonds. The fourth-order valence-electron chi connectivity index (χ4n) is 6.37. The molecule has 0 N–H and O–H groups in total. The Morgan fingerprint density at radius 3 is 2.33 bits per heavy atom. The van der Waals surface area contributed by atoms with Gasteiger partial charge in [0.2, 0.25) is 0 Å². The molecular weight excluding hydrogens is 767 g/mol. The zero-order valence-corrected chi connectivity index (χ0v) is 27.5. The van der Waals surface area contributed by atoms with E-state index in [9.17, 15) is 0 Å². The average molecular weight is 805 g/mol. The van der Waals surface area contributed by atoms with Crippen LogP contribution in [0.5, 0.6) is 0 Å². The first-order valence-electron chi connectivity index (χ1n) is 19.6. The third kappa shape index (κ3) is 4.86. The first-order chi connectivity index (χ1) is 26.6. The minimum Gasteiger partial charge on any atom is -0.456 e. The molecule has 0 aliphatic carbocycles. The van der Waals surface area contributed by atoms with Gasteiger partial charge < -0.3 is 13.8 Å². The van der Waals surface area contributed by atoms with Crippen molar-refractivity contribution in [3.63, 3.8) is 0 Å². The largest absolute Gasteiger partial charge is 0.456 e. The molecule has 0 spiro atoms. The fourth-order valence-corrected chi connectivity index (χ4v) is 6.37. The maximum atomic E-state index is 7.54. The normalized spacial score (nSPS) is 15.0. The summed E-state index contributed by atoms with van der Waals surface area (Å²) in [5, 5.41) is 7.97. The number of aryl methyl sites for hydroxylation is 3. The summed E-state index contributed by atoms with van der Waals surface area (Å²) < 4.78 is 75.5. The van der Waals surface area contributed by atoms with E-state index >= 15 is 0 Å². The Bertz CT molecular complexity index is 3160. The number of fused-ring (bicyclic) bond motifs is 12. The number of furan rings is 1. The van der Waals surface area contributed by atoms with E-state index < -0.39 is 20.6 Å². The number of imidazole rings is 1. The van der Waals surface area contributed by atoms with Gasteiger partial charge >= 0.3 is 0 Å². The van der Waals surface area contributed by atoms with Gasteiger partial charge in [-0.25, -0.2) is 0 Å². The molecule has 4 nitrogen and oxygen atoms in total. The zero-order chi connectivity index (χ0) is 39.1. The maximum absolute atomic E-state index is 7.54. The third-order valence-electron chi connectivity index (χ3n) is 8.62. The number of hydrogen-bond donors (Lipinski definition) is 0. The van der Waals surface area contributed by atoms with Crippen molar-refractivity contribution in [3.8, 4) is 11.3 Å². The van der Waals surface area contributed by atoms with Crippen LogP contribution in [0.2, 0.25) is 0 Å². The molecule has 6 aromatic carbocycles. The molecule has 10 rings (SSSR count). The van der Waals surface area contributed by atoms with Gasteiger partial charge in [0.25, 0.3) is 0 Å². The van der Waals surface area contributed by atoms with Crippen molar-refractivity contribution >= 4 is 71.1 Å². The van der Waals surface area contributed by atoms with Crippen molar-refractivity contribution < 1.29 is 36.9 Å².